The second-order valence-corrected chi connectivity index (χ2v) is 6.53. The summed E-state index contributed by atoms with van der Waals surface area (Å²) in [5.74, 6) is -0.00628. The van der Waals surface area contributed by atoms with Crippen molar-refractivity contribution in [3.8, 4) is 11.1 Å². The van der Waals surface area contributed by atoms with E-state index in [0.29, 0.717) is 6.54 Å². The predicted octanol–water partition coefficient (Wildman–Crippen LogP) is 4.72. The zero-order valence-electron chi connectivity index (χ0n) is 11.6. The van der Waals surface area contributed by atoms with Crippen molar-refractivity contribution in [1.82, 2.24) is 5.32 Å². The maximum Gasteiger partial charge on any atom is 0.261 e. The molecule has 2 heterocycles. The Morgan fingerprint density at radius 3 is 2.76 bits per heavy atom. The largest absolute Gasteiger partial charge is 0.347 e. The molecule has 0 aliphatic heterocycles. The van der Waals surface area contributed by atoms with Gasteiger partial charge in [-0.05, 0) is 57.5 Å². The molecule has 0 unspecified atom stereocenters. The van der Waals surface area contributed by atoms with E-state index in [2.05, 4.69) is 34.3 Å². The molecular weight excluding hydrogens is 298 g/mol. The Balaban J connectivity index is 1.75. The second-order valence-electron chi connectivity index (χ2n) is 4.84. The van der Waals surface area contributed by atoms with Crippen molar-refractivity contribution in [2.24, 2.45) is 0 Å². The Labute approximate surface area is 132 Å². The maximum absolute atomic E-state index is 12.1. The van der Waals surface area contributed by atoms with Crippen LogP contribution in [-0.2, 0) is 6.54 Å². The van der Waals surface area contributed by atoms with Gasteiger partial charge in [0.25, 0.3) is 5.91 Å². The van der Waals surface area contributed by atoms with Gasteiger partial charge in [-0.15, -0.1) is 11.3 Å². The summed E-state index contributed by atoms with van der Waals surface area (Å²) in [6.45, 7) is 2.54. The minimum Gasteiger partial charge on any atom is -0.347 e. The zero-order valence-corrected chi connectivity index (χ0v) is 13.3. The van der Waals surface area contributed by atoms with Crippen LogP contribution in [0.25, 0.3) is 11.1 Å². The van der Waals surface area contributed by atoms with Crippen molar-refractivity contribution in [3.05, 3.63) is 68.5 Å². The number of rotatable bonds is 4. The lowest BCUT2D eigenvalue weighted by Crippen LogP contribution is -2.22. The number of nitrogens with one attached hydrogen (secondary N) is 1. The highest BCUT2D eigenvalue weighted by Gasteiger charge is 2.09. The summed E-state index contributed by atoms with van der Waals surface area (Å²) in [4.78, 5) is 12.9. The Hall–Kier alpha value is -1.91. The summed E-state index contributed by atoms with van der Waals surface area (Å²) in [5, 5.41) is 9.20. The van der Waals surface area contributed by atoms with E-state index in [1.54, 1.807) is 11.3 Å². The molecular formula is C17H15NOS2. The van der Waals surface area contributed by atoms with Gasteiger partial charge in [0.2, 0.25) is 0 Å². The highest BCUT2D eigenvalue weighted by atomic mass is 32.1. The van der Waals surface area contributed by atoms with E-state index in [0.717, 1.165) is 16.0 Å². The van der Waals surface area contributed by atoms with Crippen molar-refractivity contribution in [2.45, 2.75) is 13.5 Å². The lowest BCUT2D eigenvalue weighted by molar-refractivity contribution is 0.0955. The molecule has 0 atom stereocenters. The molecule has 3 rings (SSSR count). The second kappa shape index (κ2) is 6.24. The SMILES string of the molecule is Cc1csc(C(=O)NCc2ccccc2-c2ccsc2)c1. The van der Waals surface area contributed by atoms with Crippen LogP contribution in [0, 0.1) is 6.92 Å². The first-order valence-electron chi connectivity index (χ1n) is 6.68. The lowest BCUT2D eigenvalue weighted by Gasteiger charge is -2.09. The number of carbonyl (C=O) groups is 1. The summed E-state index contributed by atoms with van der Waals surface area (Å²) >= 11 is 3.17. The number of hydrogen-bond donors (Lipinski definition) is 1. The quantitative estimate of drug-likeness (QED) is 0.742. The fourth-order valence-electron chi connectivity index (χ4n) is 2.19. The first-order chi connectivity index (χ1) is 10.2. The number of carbonyl (C=O) groups excluding carboxylic acids is 1. The van der Waals surface area contributed by atoms with Crippen LogP contribution in [0.5, 0.6) is 0 Å². The monoisotopic (exact) mass is 313 g/mol. The number of aryl methyl sites for hydroxylation is 1. The van der Waals surface area contributed by atoms with Crippen molar-refractivity contribution < 1.29 is 4.79 Å². The van der Waals surface area contributed by atoms with Crippen LogP contribution in [0.2, 0.25) is 0 Å². The van der Waals surface area contributed by atoms with Crippen LogP contribution in [0.15, 0.2) is 52.5 Å². The first-order valence-corrected chi connectivity index (χ1v) is 8.50. The molecule has 0 fully saturated rings. The third kappa shape index (κ3) is 3.23. The van der Waals surface area contributed by atoms with Crippen molar-refractivity contribution in [2.75, 3.05) is 0 Å². The van der Waals surface area contributed by atoms with Gasteiger partial charge >= 0.3 is 0 Å². The van der Waals surface area contributed by atoms with Gasteiger partial charge in [-0.1, -0.05) is 24.3 Å². The molecule has 106 valence electrons. The van der Waals surface area contributed by atoms with Crippen LogP contribution in [-0.4, -0.2) is 5.91 Å². The third-order valence-electron chi connectivity index (χ3n) is 3.24. The standard InChI is InChI=1S/C17H15NOS2/c1-12-8-16(21-10-12)17(19)18-9-13-4-2-3-5-15(13)14-6-7-20-11-14/h2-8,10-11H,9H2,1H3,(H,18,19). The summed E-state index contributed by atoms with van der Waals surface area (Å²) in [5.41, 5.74) is 4.65. The van der Waals surface area contributed by atoms with E-state index in [1.807, 2.05) is 30.5 Å². The van der Waals surface area contributed by atoms with E-state index < -0.39 is 0 Å². The Morgan fingerprint density at radius 2 is 2.05 bits per heavy atom. The minimum absolute atomic E-state index is 0.00628. The molecule has 4 heteroatoms. The molecule has 1 N–H and O–H groups in total. The summed E-state index contributed by atoms with van der Waals surface area (Å²) in [6, 6.07) is 12.2. The normalized spacial score (nSPS) is 10.5. The molecule has 1 aromatic carbocycles. The molecule has 0 spiro atoms. The van der Waals surface area contributed by atoms with E-state index in [-0.39, 0.29) is 5.91 Å². The van der Waals surface area contributed by atoms with Crippen molar-refractivity contribution in [3.63, 3.8) is 0 Å². The summed E-state index contributed by atoms with van der Waals surface area (Å²) in [7, 11) is 0. The smallest absolute Gasteiger partial charge is 0.261 e. The molecule has 0 bridgehead atoms. The highest BCUT2D eigenvalue weighted by molar-refractivity contribution is 7.12. The van der Waals surface area contributed by atoms with E-state index in [9.17, 15) is 4.79 Å². The van der Waals surface area contributed by atoms with E-state index >= 15 is 0 Å². The molecule has 2 aromatic heterocycles. The van der Waals surface area contributed by atoms with Gasteiger partial charge in [0.15, 0.2) is 0 Å². The van der Waals surface area contributed by atoms with Gasteiger partial charge in [-0.3, -0.25) is 4.79 Å². The third-order valence-corrected chi connectivity index (χ3v) is 4.97. The number of hydrogen-bond acceptors (Lipinski definition) is 3. The highest BCUT2D eigenvalue weighted by Crippen LogP contribution is 2.25. The van der Waals surface area contributed by atoms with Crippen LogP contribution in [0.4, 0.5) is 0 Å². The van der Waals surface area contributed by atoms with Gasteiger partial charge in [0.05, 0.1) is 4.88 Å². The number of thiophene rings is 2. The number of benzene rings is 1. The molecule has 2 nitrogen and oxygen atoms in total. The maximum atomic E-state index is 12.1. The summed E-state index contributed by atoms with van der Waals surface area (Å²) < 4.78 is 0. The van der Waals surface area contributed by atoms with Crippen LogP contribution >= 0.6 is 22.7 Å². The van der Waals surface area contributed by atoms with Crippen molar-refractivity contribution in [1.29, 1.82) is 0 Å². The minimum atomic E-state index is -0.00628. The Kier molecular flexibility index (Phi) is 4.18. The predicted molar refractivity (Wildman–Crippen MR) is 90.0 cm³/mol. The van der Waals surface area contributed by atoms with Gasteiger partial charge in [0, 0.05) is 6.54 Å². The van der Waals surface area contributed by atoms with Gasteiger partial charge < -0.3 is 5.32 Å². The van der Waals surface area contributed by atoms with Crippen LogP contribution < -0.4 is 5.32 Å². The Morgan fingerprint density at radius 1 is 1.19 bits per heavy atom. The van der Waals surface area contributed by atoms with Gasteiger partial charge in [0.1, 0.15) is 0 Å². The van der Waals surface area contributed by atoms with Gasteiger partial charge in [-0.25, -0.2) is 0 Å². The fraction of sp³-hybridized carbons (Fsp3) is 0.118. The van der Waals surface area contributed by atoms with Crippen LogP contribution in [0.3, 0.4) is 0 Å². The molecule has 0 saturated carbocycles. The molecule has 3 aromatic rings. The number of amides is 1. The molecule has 0 aliphatic carbocycles. The van der Waals surface area contributed by atoms with Gasteiger partial charge in [-0.2, -0.15) is 11.3 Å². The topological polar surface area (TPSA) is 29.1 Å². The lowest BCUT2D eigenvalue weighted by atomic mass is 10.0. The van der Waals surface area contributed by atoms with Crippen LogP contribution in [0.1, 0.15) is 20.8 Å². The van der Waals surface area contributed by atoms with E-state index in [4.69, 9.17) is 0 Å². The molecule has 1 amide bonds. The first kappa shape index (κ1) is 14.0. The molecule has 0 aliphatic rings. The van der Waals surface area contributed by atoms with E-state index in [1.165, 1.54) is 22.5 Å². The zero-order chi connectivity index (χ0) is 14.7. The molecule has 0 saturated heterocycles. The average molecular weight is 313 g/mol. The van der Waals surface area contributed by atoms with Crippen molar-refractivity contribution >= 4 is 28.6 Å². The average Bonchev–Trinajstić information content (AvgIpc) is 3.16. The molecule has 21 heavy (non-hydrogen) atoms. The fourth-order valence-corrected chi connectivity index (χ4v) is 3.66. The Bertz CT molecular complexity index is 744. The molecule has 0 radical (unpaired) electrons. The summed E-state index contributed by atoms with van der Waals surface area (Å²) in [6.07, 6.45) is 0.